The molecule has 0 saturated heterocycles. The maximum atomic E-state index is 13.1. The van der Waals surface area contributed by atoms with Crippen LogP contribution in [0.3, 0.4) is 0 Å². The molecule has 2 aliphatic rings. The van der Waals surface area contributed by atoms with Crippen LogP contribution >= 0.6 is 0 Å². The average Bonchev–Trinajstić information content (AvgIpc) is 3.54. The largest absolute Gasteiger partial charge is 0.444 e. The lowest BCUT2D eigenvalue weighted by atomic mass is 9.83. The number of amides is 3. The second kappa shape index (κ2) is 9.98. The smallest absolute Gasteiger partial charge is 0.412 e. The highest BCUT2D eigenvalue weighted by Crippen LogP contribution is 2.33. The molecule has 0 aliphatic heterocycles. The first-order chi connectivity index (χ1) is 16.6. The number of aromatic nitrogens is 1. The Bertz CT molecular complexity index is 1150. The summed E-state index contributed by atoms with van der Waals surface area (Å²) in [6.45, 7) is 5.38. The molecule has 2 fully saturated rings. The number of carbonyl (C=O) groups is 3. The number of H-pyrrole nitrogens is 1. The van der Waals surface area contributed by atoms with E-state index in [9.17, 15) is 19.6 Å². The fourth-order valence-corrected chi connectivity index (χ4v) is 4.56. The van der Waals surface area contributed by atoms with Crippen LogP contribution in [0.25, 0.3) is 10.9 Å². The van der Waals surface area contributed by atoms with E-state index in [2.05, 4.69) is 27.0 Å². The number of nitrogens with zero attached hydrogens (tertiary/aromatic N) is 1. The van der Waals surface area contributed by atoms with Gasteiger partial charge in [-0.05, 0) is 76.6 Å². The molecule has 186 valence electrons. The zero-order valence-electron chi connectivity index (χ0n) is 20.4. The lowest BCUT2D eigenvalue weighted by Crippen LogP contribution is -2.50. The second-order valence-corrected chi connectivity index (χ2v) is 10.5. The van der Waals surface area contributed by atoms with E-state index in [0.29, 0.717) is 24.2 Å². The Morgan fingerprint density at radius 2 is 1.86 bits per heavy atom. The van der Waals surface area contributed by atoms with E-state index in [1.165, 1.54) is 0 Å². The molecular formula is C26H33N5O4. The van der Waals surface area contributed by atoms with Crippen LogP contribution in [0.1, 0.15) is 69.8 Å². The molecule has 0 radical (unpaired) electrons. The van der Waals surface area contributed by atoms with Crippen molar-refractivity contribution in [2.24, 2.45) is 11.8 Å². The van der Waals surface area contributed by atoms with Crippen LogP contribution in [-0.4, -0.2) is 40.6 Å². The van der Waals surface area contributed by atoms with Crippen molar-refractivity contribution in [1.82, 2.24) is 15.6 Å². The van der Waals surface area contributed by atoms with Crippen LogP contribution in [0.4, 0.5) is 10.5 Å². The first-order valence-electron chi connectivity index (χ1n) is 12.3. The summed E-state index contributed by atoms with van der Waals surface area (Å²) < 4.78 is 5.29. The van der Waals surface area contributed by atoms with Gasteiger partial charge in [-0.1, -0.05) is 12.8 Å². The molecule has 0 bridgehead atoms. The van der Waals surface area contributed by atoms with Crippen molar-refractivity contribution in [2.45, 2.75) is 77.0 Å². The standard InChI is InChI=1S/C26H33N5O4/c1-26(2,3)35-25(34)28-17-10-11-19-16(12-17)13-21(29-19)24(33)30-20-7-5-4-6-18(20)23(32)31-22(14-27)15-8-9-15/h10-13,15,18,20,22,29H,4-9H2,1-3H3,(H,28,34)(H,30,33)(H,31,32). The van der Waals surface area contributed by atoms with Gasteiger partial charge in [0.05, 0.1) is 12.0 Å². The molecule has 1 heterocycles. The van der Waals surface area contributed by atoms with Gasteiger partial charge in [0.25, 0.3) is 5.91 Å². The summed E-state index contributed by atoms with van der Waals surface area (Å²) in [6.07, 6.45) is 4.65. The van der Waals surface area contributed by atoms with Gasteiger partial charge in [0.15, 0.2) is 0 Å². The van der Waals surface area contributed by atoms with E-state index >= 15 is 0 Å². The predicted molar refractivity (Wildman–Crippen MR) is 132 cm³/mol. The minimum absolute atomic E-state index is 0.150. The lowest BCUT2D eigenvalue weighted by molar-refractivity contribution is -0.127. The van der Waals surface area contributed by atoms with Crippen molar-refractivity contribution >= 4 is 34.5 Å². The van der Waals surface area contributed by atoms with E-state index in [0.717, 1.165) is 36.6 Å². The first-order valence-corrected chi connectivity index (χ1v) is 12.3. The minimum Gasteiger partial charge on any atom is -0.444 e. The maximum Gasteiger partial charge on any atom is 0.412 e. The first kappa shape index (κ1) is 24.6. The molecule has 1 aromatic heterocycles. The van der Waals surface area contributed by atoms with Crippen molar-refractivity contribution in [3.63, 3.8) is 0 Å². The molecule has 9 heteroatoms. The molecule has 35 heavy (non-hydrogen) atoms. The molecule has 1 aromatic carbocycles. The van der Waals surface area contributed by atoms with E-state index < -0.39 is 17.7 Å². The number of carbonyl (C=O) groups excluding carboxylic acids is 3. The minimum atomic E-state index is -0.602. The SMILES string of the molecule is CC(C)(C)OC(=O)Nc1ccc2[nH]c(C(=O)NC3CCCCC3C(=O)NC(C#N)C3CC3)cc2c1. The van der Waals surface area contributed by atoms with Gasteiger partial charge in [0.1, 0.15) is 17.3 Å². The summed E-state index contributed by atoms with van der Waals surface area (Å²) in [5.74, 6) is -0.535. The van der Waals surface area contributed by atoms with Crippen LogP contribution in [-0.2, 0) is 9.53 Å². The molecule has 2 aromatic rings. The Kier molecular flexibility index (Phi) is 7.01. The number of nitriles is 1. The summed E-state index contributed by atoms with van der Waals surface area (Å²) >= 11 is 0. The summed E-state index contributed by atoms with van der Waals surface area (Å²) in [5.41, 5.74) is 1.09. The normalized spacial score (nSPS) is 21.0. The lowest BCUT2D eigenvalue weighted by Gasteiger charge is -2.31. The molecule has 3 unspecified atom stereocenters. The quantitative estimate of drug-likeness (QED) is 0.492. The third-order valence-corrected chi connectivity index (χ3v) is 6.46. The monoisotopic (exact) mass is 479 g/mol. The summed E-state index contributed by atoms with van der Waals surface area (Å²) in [5, 5.41) is 18.8. The Labute approximate surface area is 205 Å². The van der Waals surface area contributed by atoms with E-state index in [-0.39, 0.29) is 29.7 Å². The Morgan fingerprint density at radius 3 is 2.54 bits per heavy atom. The predicted octanol–water partition coefficient (Wildman–Crippen LogP) is 4.22. The molecule has 4 N–H and O–H groups in total. The van der Waals surface area contributed by atoms with Gasteiger partial charge in [-0.2, -0.15) is 5.26 Å². The molecule has 2 saturated carbocycles. The van der Waals surface area contributed by atoms with Crippen molar-refractivity contribution < 1.29 is 19.1 Å². The van der Waals surface area contributed by atoms with E-state index in [1.807, 2.05) is 0 Å². The highest BCUT2D eigenvalue weighted by Gasteiger charge is 2.37. The maximum absolute atomic E-state index is 13.1. The molecule has 4 rings (SSSR count). The van der Waals surface area contributed by atoms with Gasteiger partial charge in [0.2, 0.25) is 5.91 Å². The van der Waals surface area contributed by atoms with Gasteiger partial charge in [-0.3, -0.25) is 14.9 Å². The fourth-order valence-electron chi connectivity index (χ4n) is 4.56. The third-order valence-electron chi connectivity index (χ3n) is 6.46. The van der Waals surface area contributed by atoms with Crippen LogP contribution in [0, 0.1) is 23.2 Å². The number of aromatic amines is 1. The average molecular weight is 480 g/mol. The zero-order valence-corrected chi connectivity index (χ0v) is 20.4. The van der Waals surface area contributed by atoms with Crippen LogP contribution in [0.2, 0.25) is 0 Å². The number of hydrogen-bond acceptors (Lipinski definition) is 5. The number of nitrogens with one attached hydrogen (secondary N) is 4. The van der Waals surface area contributed by atoms with Crippen molar-refractivity contribution in [2.75, 3.05) is 5.32 Å². The van der Waals surface area contributed by atoms with Crippen LogP contribution in [0.15, 0.2) is 24.3 Å². The number of anilines is 1. The highest BCUT2D eigenvalue weighted by atomic mass is 16.6. The fraction of sp³-hybridized carbons (Fsp3) is 0.538. The summed E-state index contributed by atoms with van der Waals surface area (Å²) in [6, 6.07) is 8.48. The number of benzene rings is 1. The van der Waals surface area contributed by atoms with Gasteiger partial charge >= 0.3 is 6.09 Å². The van der Waals surface area contributed by atoms with Gasteiger partial charge < -0.3 is 20.4 Å². The number of ether oxygens (including phenoxy) is 1. The van der Waals surface area contributed by atoms with Crippen LogP contribution in [0.5, 0.6) is 0 Å². The third kappa shape index (κ3) is 6.32. The molecular weight excluding hydrogens is 446 g/mol. The van der Waals surface area contributed by atoms with Crippen LogP contribution < -0.4 is 16.0 Å². The molecule has 9 nitrogen and oxygen atoms in total. The molecule has 0 spiro atoms. The number of fused-ring (bicyclic) bond motifs is 1. The van der Waals surface area contributed by atoms with Crippen molar-refractivity contribution in [3.8, 4) is 6.07 Å². The Balaban J connectivity index is 1.41. The number of rotatable bonds is 6. The highest BCUT2D eigenvalue weighted by molar-refractivity contribution is 5.99. The second-order valence-electron chi connectivity index (χ2n) is 10.5. The summed E-state index contributed by atoms with van der Waals surface area (Å²) in [7, 11) is 0. The van der Waals surface area contributed by atoms with Gasteiger partial charge in [-0.15, -0.1) is 0 Å². The van der Waals surface area contributed by atoms with Gasteiger partial charge in [-0.25, -0.2) is 4.79 Å². The zero-order chi connectivity index (χ0) is 25.2. The summed E-state index contributed by atoms with van der Waals surface area (Å²) in [4.78, 5) is 41.1. The van der Waals surface area contributed by atoms with E-state index in [1.54, 1.807) is 45.0 Å². The topological polar surface area (TPSA) is 136 Å². The van der Waals surface area contributed by atoms with Crippen molar-refractivity contribution in [3.05, 3.63) is 30.0 Å². The molecule has 2 aliphatic carbocycles. The van der Waals surface area contributed by atoms with Gasteiger partial charge in [0, 0.05) is 22.6 Å². The molecule has 3 atom stereocenters. The Hall–Kier alpha value is -3.54. The Morgan fingerprint density at radius 1 is 1.11 bits per heavy atom. The molecule has 3 amide bonds. The number of hydrogen-bond donors (Lipinski definition) is 4. The van der Waals surface area contributed by atoms with Crippen molar-refractivity contribution in [1.29, 1.82) is 5.26 Å². The van der Waals surface area contributed by atoms with E-state index in [4.69, 9.17) is 4.74 Å².